The number of carbonyl (C=O) groups is 3. The van der Waals surface area contributed by atoms with Crippen LogP contribution in [-0.4, -0.2) is 40.0 Å². The van der Waals surface area contributed by atoms with Gasteiger partial charge in [-0.05, 0) is 13.8 Å². The van der Waals surface area contributed by atoms with Gasteiger partial charge in [-0.2, -0.15) is 0 Å². The van der Waals surface area contributed by atoms with Gasteiger partial charge in [0.1, 0.15) is 11.8 Å². The maximum atomic E-state index is 10.8. The summed E-state index contributed by atoms with van der Waals surface area (Å²) < 4.78 is 0. The molecule has 0 aromatic heterocycles. The first-order valence-electron chi connectivity index (χ1n) is 4.05. The molecule has 0 aromatic rings. The molecule has 80 valence electrons. The van der Waals surface area contributed by atoms with Crippen LogP contribution in [0.5, 0.6) is 0 Å². The van der Waals surface area contributed by atoms with Crippen LogP contribution in [0.15, 0.2) is 0 Å². The molecule has 0 fully saturated rings. The van der Waals surface area contributed by atoms with E-state index in [4.69, 9.17) is 10.2 Å². The Kier molecular flexibility index (Phi) is 4.79. The first-order chi connectivity index (χ1) is 6.34. The van der Waals surface area contributed by atoms with Crippen molar-refractivity contribution in [1.82, 2.24) is 5.32 Å². The number of ketones is 1. The van der Waals surface area contributed by atoms with E-state index in [2.05, 4.69) is 5.32 Å². The number of Topliss-reactive ketones (excluding diaryl/α,β-unsaturated/α-hetero) is 1. The van der Waals surface area contributed by atoms with Crippen LogP contribution in [-0.2, 0) is 14.4 Å². The van der Waals surface area contributed by atoms with Gasteiger partial charge in [0, 0.05) is 0 Å². The summed E-state index contributed by atoms with van der Waals surface area (Å²) in [5, 5.41) is 19.4. The zero-order valence-corrected chi connectivity index (χ0v) is 7.98. The molecule has 2 unspecified atom stereocenters. The largest absolute Gasteiger partial charge is 0.481 e. The molecule has 0 saturated heterocycles. The average molecular weight is 203 g/mol. The Morgan fingerprint density at radius 3 is 2.07 bits per heavy atom. The van der Waals surface area contributed by atoms with Crippen LogP contribution >= 0.6 is 0 Å². The third kappa shape index (κ3) is 4.56. The highest BCUT2D eigenvalue weighted by Gasteiger charge is 2.23. The quantitative estimate of drug-likeness (QED) is 0.536. The van der Waals surface area contributed by atoms with Gasteiger partial charge < -0.3 is 10.2 Å². The van der Waals surface area contributed by atoms with Gasteiger partial charge in [-0.15, -0.1) is 0 Å². The van der Waals surface area contributed by atoms with Gasteiger partial charge in [0.2, 0.25) is 0 Å². The van der Waals surface area contributed by atoms with Crippen LogP contribution in [0, 0.1) is 0 Å². The highest BCUT2D eigenvalue weighted by Crippen LogP contribution is 1.96. The lowest BCUT2D eigenvalue weighted by Crippen LogP contribution is -2.46. The fourth-order valence-corrected chi connectivity index (χ4v) is 0.811. The molecule has 0 aromatic carbocycles. The van der Waals surface area contributed by atoms with Gasteiger partial charge in [0.15, 0.2) is 0 Å². The molecule has 0 spiro atoms. The zero-order valence-electron chi connectivity index (χ0n) is 7.98. The molecule has 0 heterocycles. The number of aliphatic carboxylic acids is 2. The number of carbonyl (C=O) groups excluding carboxylic acids is 1. The molecule has 14 heavy (non-hydrogen) atoms. The molecule has 2 atom stereocenters. The predicted octanol–water partition coefficient (Wildman–Crippen LogP) is -0.519. The number of carboxylic acid groups (broad SMARTS) is 2. The Labute approximate surface area is 80.9 Å². The van der Waals surface area contributed by atoms with Crippen molar-refractivity contribution in [3.8, 4) is 0 Å². The molecule has 0 bridgehead atoms. The average Bonchev–Trinajstić information content (AvgIpc) is 2.01. The number of hydrogen-bond donors (Lipinski definition) is 3. The van der Waals surface area contributed by atoms with Crippen molar-refractivity contribution in [1.29, 1.82) is 0 Å². The normalized spacial score (nSPS) is 14.4. The molecule has 0 aliphatic rings. The minimum Gasteiger partial charge on any atom is -0.481 e. The van der Waals surface area contributed by atoms with Crippen LogP contribution in [0.3, 0.4) is 0 Å². The SMILES string of the molecule is CC(=O)C(C)NC(CC(=O)O)C(=O)O. The van der Waals surface area contributed by atoms with E-state index in [1.807, 2.05) is 0 Å². The second kappa shape index (κ2) is 5.33. The fraction of sp³-hybridized carbons (Fsp3) is 0.625. The van der Waals surface area contributed by atoms with E-state index in [-0.39, 0.29) is 5.78 Å². The van der Waals surface area contributed by atoms with E-state index < -0.39 is 30.4 Å². The van der Waals surface area contributed by atoms with Gasteiger partial charge >= 0.3 is 11.9 Å². The topological polar surface area (TPSA) is 104 Å². The van der Waals surface area contributed by atoms with E-state index in [0.717, 1.165) is 0 Å². The standard InChI is InChI=1S/C8H13NO5/c1-4(5(2)10)9-6(8(13)14)3-7(11)12/h4,6,9H,3H2,1-2H3,(H,11,12)(H,13,14). The zero-order chi connectivity index (χ0) is 11.3. The van der Waals surface area contributed by atoms with Crippen molar-refractivity contribution in [3.05, 3.63) is 0 Å². The summed E-state index contributed by atoms with van der Waals surface area (Å²) in [5.74, 6) is -2.73. The number of carboxylic acids is 2. The van der Waals surface area contributed by atoms with E-state index in [1.165, 1.54) is 13.8 Å². The molecular formula is C8H13NO5. The van der Waals surface area contributed by atoms with Gasteiger partial charge in [-0.1, -0.05) is 0 Å². The van der Waals surface area contributed by atoms with Crippen LogP contribution in [0.1, 0.15) is 20.3 Å². The third-order valence-electron chi connectivity index (χ3n) is 1.74. The molecular weight excluding hydrogens is 190 g/mol. The van der Waals surface area contributed by atoms with Crippen LogP contribution in [0.25, 0.3) is 0 Å². The highest BCUT2D eigenvalue weighted by molar-refractivity contribution is 5.84. The second-order valence-electron chi connectivity index (χ2n) is 2.99. The summed E-state index contributed by atoms with van der Waals surface area (Å²) in [6.45, 7) is 2.79. The smallest absolute Gasteiger partial charge is 0.321 e. The van der Waals surface area contributed by atoms with E-state index in [0.29, 0.717) is 0 Å². The van der Waals surface area contributed by atoms with Crippen LogP contribution in [0.4, 0.5) is 0 Å². The Morgan fingerprint density at radius 2 is 1.79 bits per heavy atom. The molecule has 3 N–H and O–H groups in total. The van der Waals surface area contributed by atoms with E-state index in [1.54, 1.807) is 0 Å². The van der Waals surface area contributed by atoms with Gasteiger partial charge in [-0.3, -0.25) is 19.7 Å². The molecule has 0 radical (unpaired) electrons. The molecule has 0 aliphatic carbocycles. The molecule has 0 rings (SSSR count). The highest BCUT2D eigenvalue weighted by atomic mass is 16.4. The van der Waals surface area contributed by atoms with Gasteiger partial charge in [-0.25, -0.2) is 0 Å². The molecule has 0 amide bonds. The number of hydrogen-bond acceptors (Lipinski definition) is 4. The third-order valence-corrected chi connectivity index (χ3v) is 1.74. The van der Waals surface area contributed by atoms with Crippen LogP contribution < -0.4 is 5.32 Å². The first kappa shape index (κ1) is 12.6. The van der Waals surface area contributed by atoms with Crippen molar-refractivity contribution in [2.45, 2.75) is 32.4 Å². The predicted molar refractivity (Wildman–Crippen MR) is 47.0 cm³/mol. The summed E-state index contributed by atoms with van der Waals surface area (Å²) in [4.78, 5) is 31.6. The van der Waals surface area contributed by atoms with Crippen molar-refractivity contribution < 1.29 is 24.6 Å². The Balaban J connectivity index is 4.30. The Morgan fingerprint density at radius 1 is 1.29 bits per heavy atom. The van der Waals surface area contributed by atoms with E-state index >= 15 is 0 Å². The second-order valence-corrected chi connectivity index (χ2v) is 2.99. The molecule has 6 nitrogen and oxygen atoms in total. The summed E-state index contributed by atoms with van der Waals surface area (Å²) in [5.41, 5.74) is 0. The lowest BCUT2D eigenvalue weighted by molar-refractivity contribution is -0.146. The Hall–Kier alpha value is -1.43. The van der Waals surface area contributed by atoms with Crippen LogP contribution in [0.2, 0.25) is 0 Å². The van der Waals surface area contributed by atoms with Crippen molar-refractivity contribution in [2.24, 2.45) is 0 Å². The molecule has 6 heteroatoms. The van der Waals surface area contributed by atoms with E-state index in [9.17, 15) is 14.4 Å². The molecule has 0 aliphatic heterocycles. The maximum Gasteiger partial charge on any atom is 0.321 e. The number of nitrogens with one attached hydrogen (secondary N) is 1. The summed E-state index contributed by atoms with van der Waals surface area (Å²) in [7, 11) is 0. The first-order valence-corrected chi connectivity index (χ1v) is 4.05. The summed E-state index contributed by atoms with van der Waals surface area (Å²) in [6, 6.07) is -1.89. The van der Waals surface area contributed by atoms with Crippen molar-refractivity contribution >= 4 is 17.7 Å². The van der Waals surface area contributed by atoms with Crippen molar-refractivity contribution in [3.63, 3.8) is 0 Å². The van der Waals surface area contributed by atoms with Gasteiger partial charge in [0.25, 0.3) is 0 Å². The lowest BCUT2D eigenvalue weighted by atomic mass is 10.1. The lowest BCUT2D eigenvalue weighted by Gasteiger charge is -2.16. The fourth-order valence-electron chi connectivity index (χ4n) is 0.811. The number of rotatable bonds is 6. The summed E-state index contributed by atoms with van der Waals surface area (Å²) in [6.07, 6.45) is -0.549. The minimum absolute atomic E-state index is 0.235. The minimum atomic E-state index is -1.28. The Bertz CT molecular complexity index is 250. The summed E-state index contributed by atoms with van der Waals surface area (Å²) >= 11 is 0. The monoisotopic (exact) mass is 203 g/mol. The van der Waals surface area contributed by atoms with Crippen molar-refractivity contribution in [2.75, 3.05) is 0 Å². The van der Waals surface area contributed by atoms with Gasteiger partial charge in [0.05, 0.1) is 12.5 Å². The molecule has 0 saturated carbocycles. The maximum absolute atomic E-state index is 10.8.